The molecular weight excluding hydrogens is 353 g/mol. The molecule has 0 bridgehead atoms. The van der Waals surface area contributed by atoms with Gasteiger partial charge in [0.1, 0.15) is 12.3 Å². The first-order valence-electron chi connectivity index (χ1n) is 7.50. The molecule has 0 unspecified atom stereocenters. The van der Waals surface area contributed by atoms with Crippen LogP contribution in [0.5, 0.6) is 5.75 Å². The molecule has 1 amide bonds. The number of carbonyl (C=O) groups excluding carboxylic acids is 1. The van der Waals surface area contributed by atoms with Crippen LogP contribution in [0.15, 0.2) is 57.7 Å². The topological polar surface area (TPSA) is 73.5 Å². The molecule has 0 aliphatic heterocycles. The number of nitrogens with one attached hydrogen (secondary N) is 1. The molecule has 0 saturated heterocycles. The largest absolute Gasteiger partial charge is 0.482 e. The summed E-state index contributed by atoms with van der Waals surface area (Å²) >= 11 is 0. The van der Waals surface area contributed by atoms with E-state index in [0.29, 0.717) is 11.1 Å². The smallest absolute Gasteiger partial charge is 0.422 e. The molecule has 9 heteroatoms. The van der Waals surface area contributed by atoms with E-state index in [2.05, 4.69) is 5.32 Å². The van der Waals surface area contributed by atoms with E-state index in [1.807, 2.05) is 0 Å². The highest BCUT2D eigenvalue weighted by atomic mass is 19.4. The fourth-order valence-electron chi connectivity index (χ4n) is 2.35. The van der Waals surface area contributed by atoms with E-state index in [0.717, 1.165) is 4.57 Å². The summed E-state index contributed by atoms with van der Waals surface area (Å²) in [6, 6.07) is 12.3. The van der Waals surface area contributed by atoms with Gasteiger partial charge in [-0.25, -0.2) is 4.79 Å². The molecule has 26 heavy (non-hydrogen) atoms. The Kier molecular flexibility index (Phi) is 4.70. The van der Waals surface area contributed by atoms with Crippen molar-refractivity contribution in [2.24, 2.45) is 0 Å². The third-order valence-corrected chi connectivity index (χ3v) is 3.43. The number of hydrogen-bond donors (Lipinski definition) is 1. The van der Waals surface area contributed by atoms with Gasteiger partial charge in [0, 0.05) is 0 Å². The van der Waals surface area contributed by atoms with Crippen LogP contribution in [0.25, 0.3) is 11.1 Å². The highest BCUT2D eigenvalue weighted by molar-refractivity contribution is 5.92. The van der Waals surface area contributed by atoms with Crippen molar-refractivity contribution in [3.8, 4) is 5.75 Å². The van der Waals surface area contributed by atoms with Crippen LogP contribution in [0.4, 0.5) is 18.9 Å². The quantitative estimate of drug-likeness (QED) is 0.753. The van der Waals surface area contributed by atoms with Gasteiger partial charge >= 0.3 is 11.9 Å². The average molecular weight is 366 g/mol. The molecule has 0 aliphatic carbocycles. The van der Waals surface area contributed by atoms with Gasteiger partial charge in [0.2, 0.25) is 5.91 Å². The molecule has 0 atom stereocenters. The van der Waals surface area contributed by atoms with Crippen LogP contribution >= 0.6 is 0 Å². The van der Waals surface area contributed by atoms with E-state index in [9.17, 15) is 22.8 Å². The summed E-state index contributed by atoms with van der Waals surface area (Å²) in [6.45, 7) is -1.84. The number of halogens is 3. The normalized spacial score (nSPS) is 11.5. The minimum atomic E-state index is -4.50. The number of anilines is 1. The minimum absolute atomic E-state index is 0.0719. The fourth-order valence-corrected chi connectivity index (χ4v) is 2.35. The Morgan fingerprint density at radius 2 is 1.81 bits per heavy atom. The Morgan fingerprint density at radius 3 is 2.58 bits per heavy atom. The molecule has 0 fully saturated rings. The van der Waals surface area contributed by atoms with Crippen molar-refractivity contribution < 1.29 is 27.1 Å². The minimum Gasteiger partial charge on any atom is -0.482 e. The second-order valence-corrected chi connectivity index (χ2v) is 5.37. The van der Waals surface area contributed by atoms with Crippen LogP contribution in [0.1, 0.15) is 0 Å². The average Bonchev–Trinajstić information content (AvgIpc) is 2.89. The molecule has 0 aliphatic rings. The first kappa shape index (κ1) is 17.6. The van der Waals surface area contributed by atoms with Crippen molar-refractivity contribution in [2.45, 2.75) is 12.7 Å². The third-order valence-electron chi connectivity index (χ3n) is 3.43. The van der Waals surface area contributed by atoms with Crippen molar-refractivity contribution in [1.29, 1.82) is 0 Å². The highest BCUT2D eigenvalue weighted by Gasteiger charge is 2.29. The monoisotopic (exact) mass is 366 g/mol. The summed E-state index contributed by atoms with van der Waals surface area (Å²) in [4.78, 5) is 24.1. The van der Waals surface area contributed by atoms with Gasteiger partial charge in [-0.05, 0) is 24.3 Å². The van der Waals surface area contributed by atoms with E-state index in [1.54, 1.807) is 24.3 Å². The van der Waals surface area contributed by atoms with Gasteiger partial charge < -0.3 is 14.5 Å². The lowest BCUT2D eigenvalue weighted by Gasteiger charge is -2.13. The molecule has 0 saturated carbocycles. The van der Waals surface area contributed by atoms with Crippen molar-refractivity contribution in [2.75, 3.05) is 11.9 Å². The molecule has 0 spiro atoms. The molecule has 2 aromatic carbocycles. The van der Waals surface area contributed by atoms with E-state index in [4.69, 9.17) is 9.15 Å². The Balaban J connectivity index is 1.76. The second-order valence-electron chi connectivity index (χ2n) is 5.37. The van der Waals surface area contributed by atoms with Gasteiger partial charge in [-0.1, -0.05) is 24.3 Å². The number of alkyl halides is 3. The van der Waals surface area contributed by atoms with Gasteiger partial charge in [-0.3, -0.25) is 9.36 Å². The molecule has 3 aromatic rings. The lowest BCUT2D eigenvalue weighted by atomic mass is 10.3. The number of hydrogen-bond acceptors (Lipinski definition) is 4. The molecule has 1 heterocycles. The summed E-state index contributed by atoms with van der Waals surface area (Å²) in [7, 11) is 0. The number of carbonyl (C=O) groups is 1. The molecular formula is C17H13F3N2O4. The van der Waals surface area contributed by atoms with E-state index in [-0.39, 0.29) is 18.0 Å². The number of fused-ring (bicyclic) bond motifs is 1. The van der Waals surface area contributed by atoms with E-state index < -0.39 is 24.4 Å². The molecule has 6 nitrogen and oxygen atoms in total. The number of nitrogens with zero attached hydrogens (tertiary/aromatic N) is 1. The van der Waals surface area contributed by atoms with E-state index >= 15 is 0 Å². The van der Waals surface area contributed by atoms with Crippen molar-refractivity contribution in [3.63, 3.8) is 0 Å². The predicted molar refractivity (Wildman–Crippen MR) is 87.1 cm³/mol. The number of ether oxygens (including phenoxy) is 1. The SMILES string of the molecule is O=C(Cn1c(=O)oc2ccccc21)Nc1ccccc1OCC(F)(F)F. The predicted octanol–water partition coefficient (Wildman–Crippen LogP) is 3.17. The number of oxazole rings is 1. The zero-order chi connectivity index (χ0) is 18.7. The van der Waals surface area contributed by atoms with Gasteiger partial charge in [-0.15, -0.1) is 0 Å². The standard InChI is InChI=1S/C17H13F3N2O4/c18-17(19,20)10-25-13-7-3-1-5-11(13)21-15(23)9-22-12-6-2-4-8-14(12)26-16(22)24/h1-8H,9-10H2,(H,21,23). The van der Waals surface area contributed by atoms with Crippen molar-refractivity contribution in [1.82, 2.24) is 4.57 Å². The summed E-state index contributed by atoms with van der Waals surface area (Å²) in [5.41, 5.74) is 0.844. The molecule has 1 aromatic heterocycles. The summed E-state index contributed by atoms with van der Waals surface area (Å²) in [5.74, 6) is -1.44. The summed E-state index contributed by atoms with van der Waals surface area (Å²) in [5, 5.41) is 2.44. The Hall–Kier alpha value is -3.23. The third kappa shape index (κ3) is 4.05. The number of aromatic nitrogens is 1. The number of rotatable bonds is 5. The lowest BCUT2D eigenvalue weighted by Crippen LogP contribution is -2.25. The first-order chi connectivity index (χ1) is 12.3. The Labute approximate surface area is 144 Å². The number of para-hydroxylation sites is 4. The van der Waals surface area contributed by atoms with Gasteiger partial charge in [0.25, 0.3) is 0 Å². The van der Waals surface area contributed by atoms with Gasteiger partial charge in [-0.2, -0.15) is 13.2 Å². The van der Waals surface area contributed by atoms with E-state index in [1.165, 1.54) is 24.3 Å². The number of benzene rings is 2. The van der Waals surface area contributed by atoms with Crippen LogP contribution < -0.4 is 15.8 Å². The highest BCUT2D eigenvalue weighted by Crippen LogP contribution is 2.26. The van der Waals surface area contributed by atoms with Crippen molar-refractivity contribution >= 4 is 22.7 Å². The van der Waals surface area contributed by atoms with Crippen molar-refractivity contribution in [3.05, 3.63) is 59.1 Å². The van der Waals surface area contributed by atoms with Crippen LogP contribution in [0.2, 0.25) is 0 Å². The maximum atomic E-state index is 12.3. The molecule has 1 N–H and O–H groups in total. The molecule has 3 rings (SSSR count). The lowest BCUT2D eigenvalue weighted by molar-refractivity contribution is -0.153. The maximum absolute atomic E-state index is 12.3. The molecule has 0 radical (unpaired) electrons. The van der Waals surface area contributed by atoms with Crippen LogP contribution in [0, 0.1) is 0 Å². The zero-order valence-corrected chi connectivity index (χ0v) is 13.2. The zero-order valence-electron chi connectivity index (χ0n) is 13.2. The first-order valence-corrected chi connectivity index (χ1v) is 7.50. The van der Waals surface area contributed by atoms with Crippen LogP contribution in [0.3, 0.4) is 0 Å². The van der Waals surface area contributed by atoms with Crippen LogP contribution in [-0.2, 0) is 11.3 Å². The fraction of sp³-hybridized carbons (Fsp3) is 0.176. The van der Waals surface area contributed by atoms with Crippen LogP contribution in [-0.4, -0.2) is 23.3 Å². The second kappa shape index (κ2) is 6.95. The summed E-state index contributed by atoms with van der Waals surface area (Å²) < 4.78 is 47.8. The number of amides is 1. The summed E-state index contributed by atoms with van der Waals surface area (Å²) in [6.07, 6.45) is -4.50. The maximum Gasteiger partial charge on any atom is 0.422 e. The Morgan fingerprint density at radius 1 is 1.12 bits per heavy atom. The van der Waals surface area contributed by atoms with Gasteiger partial charge in [0.15, 0.2) is 12.2 Å². The Bertz CT molecular complexity index is 991. The molecule has 136 valence electrons. The van der Waals surface area contributed by atoms with Gasteiger partial charge in [0.05, 0.1) is 11.2 Å².